The second kappa shape index (κ2) is 7.39. The Labute approximate surface area is 125 Å². The number of nitrogens with one attached hydrogen (secondary N) is 1. The highest BCUT2D eigenvalue weighted by Gasteiger charge is 2.32. The molecule has 4 heteroatoms. The van der Waals surface area contributed by atoms with Gasteiger partial charge in [-0.1, -0.05) is 25.4 Å². The van der Waals surface area contributed by atoms with Crippen LogP contribution in [0.1, 0.15) is 32.3 Å². The first-order chi connectivity index (χ1) is 9.61. The van der Waals surface area contributed by atoms with E-state index in [1.807, 2.05) is 0 Å². The van der Waals surface area contributed by atoms with Crippen molar-refractivity contribution in [2.45, 2.75) is 45.3 Å². The van der Waals surface area contributed by atoms with Crippen LogP contribution in [0, 0.1) is 11.7 Å². The van der Waals surface area contributed by atoms with Gasteiger partial charge >= 0.3 is 0 Å². The average Bonchev–Trinajstić information content (AvgIpc) is 2.84. The number of hydrogen-bond donors (Lipinski definition) is 1. The van der Waals surface area contributed by atoms with Crippen LogP contribution in [0.25, 0.3) is 0 Å². The smallest absolute Gasteiger partial charge is 0.126 e. The van der Waals surface area contributed by atoms with Crippen molar-refractivity contribution in [1.29, 1.82) is 0 Å². The predicted molar refractivity (Wildman–Crippen MR) is 80.7 cm³/mol. The van der Waals surface area contributed by atoms with Gasteiger partial charge in [-0.2, -0.15) is 0 Å². The zero-order valence-corrected chi connectivity index (χ0v) is 12.9. The SMILES string of the molecule is CCCNC(Cc1cc(Cl)ccc1F)C1OCCC1C. The summed E-state index contributed by atoms with van der Waals surface area (Å²) in [7, 11) is 0. The lowest BCUT2D eigenvalue weighted by atomic mass is 9.92. The van der Waals surface area contributed by atoms with Crippen LogP contribution in [0.3, 0.4) is 0 Å². The molecule has 0 aromatic heterocycles. The van der Waals surface area contributed by atoms with Crippen LogP contribution in [0.4, 0.5) is 4.39 Å². The Morgan fingerprint density at radius 2 is 2.30 bits per heavy atom. The van der Waals surface area contributed by atoms with E-state index in [-0.39, 0.29) is 18.0 Å². The minimum absolute atomic E-state index is 0.139. The minimum atomic E-state index is -0.191. The third kappa shape index (κ3) is 3.94. The standard InChI is InChI=1S/C16H23ClFNO/c1-3-7-19-15(16-11(2)6-8-20-16)10-12-9-13(17)4-5-14(12)18/h4-5,9,11,15-16,19H,3,6-8,10H2,1-2H3. The summed E-state index contributed by atoms with van der Waals surface area (Å²) in [4.78, 5) is 0. The van der Waals surface area contributed by atoms with Crippen LogP contribution < -0.4 is 5.32 Å². The number of ether oxygens (including phenoxy) is 1. The van der Waals surface area contributed by atoms with E-state index in [0.717, 1.165) is 26.0 Å². The van der Waals surface area contributed by atoms with Crippen molar-refractivity contribution < 1.29 is 9.13 Å². The van der Waals surface area contributed by atoms with Crippen molar-refractivity contribution in [2.24, 2.45) is 5.92 Å². The molecular formula is C16H23ClFNO. The summed E-state index contributed by atoms with van der Waals surface area (Å²) in [6, 6.07) is 4.88. The maximum Gasteiger partial charge on any atom is 0.126 e. The Kier molecular flexibility index (Phi) is 5.82. The molecule has 1 fully saturated rings. The molecule has 3 atom stereocenters. The van der Waals surface area contributed by atoms with E-state index in [4.69, 9.17) is 16.3 Å². The topological polar surface area (TPSA) is 21.3 Å². The van der Waals surface area contributed by atoms with Gasteiger partial charge < -0.3 is 10.1 Å². The fourth-order valence-corrected chi connectivity index (χ4v) is 3.00. The number of benzene rings is 1. The Balaban J connectivity index is 2.12. The van der Waals surface area contributed by atoms with Crippen LogP contribution in [0.2, 0.25) is 5.02 Å². The van der Waals surface area contributed by atoms with Gasteiger partial charge in [0.2, 0.25) is 0 Å². The summed E-state index contributed by atoms with van der Waals surface area (Å²) < 4.78 is 19.8. The van der Waals surface area contributed by atoms with Gasteiger partial charge in [-0.15, -0.1) is 0 Å². The number of hydrogen-bond acceptors (Lipinski definition) is 2. The highest BCUT2D eigenvalue weighted by molar-refractivity contribution is 6.30. The molecule has 1 aromatic rings. The zero-order chi connectivity index (χ0) is 14.5. The maximum absolute atomic E-state index is 13.9. The van der Waals surface area contributed by atoms with Gasteiger partial charge in [-0.3, -0.25) is 0 Å². The van der Waals surface area contributed by atoms with Gasteiger partial charge in [0.1, 0.15) is 5.82 Å². The Morgan fingerprint density at radius 3 is 2.95 bits per heavy atom. The Morgan fingerprint density at radius 1 is 1.50 bits per heavy atom. The van der Waals surface area contributed by atoms with Crippen LogP contribution in [0.15, 0.2) is 18.2 Å². The summed E-state index contributed by atoms with van der Waals surface area (Å²) >= 11 is 5.97. The molecule has 1 heterocycles. The summed E-state index contributed by atoms with van der Waals surface area (Å²) in [6.07, 6.45) is 2.89. The normalized spacial score (nSPS) is 24.0. The molecule has 0 saturated carbocycles. The lowest BCUT2D eigenvalue weighted by Gasteiger charge is -2.27. The quantitative estimate of drug-likeness (QED) is 0.862. The predicted octanol–water partition coefficient (Wildman–Crippen LogP) is 3.81. The molecule has 0 spiro atoms. The Hall–Kier alpha value is -0.640. The van der Waals surface area contributed by atoms with Crippen molar-refractivity contribution in [3.8, 4) is 0 Å². The fourth-order valence-electron chi connectivity index (χ4n) is 2.80. The molecule has 1 aliphatic heterocycles. The lowest BCUT2D eigenvalue weighted by Crippen LogP contribution is -2.44. The molecule has 1 aliphatic rings. The van der Waals surface area contributed by atoms with Crippen molar-refractivity contribution in [3.63, 3.8) is 0 Å². The summed E-state index contributed by atoms with van der Waals surface area (Å²) in [6.45, 7) is 6.04. The molecule has 20 heavy (non-hydrogen) atoms. The summed E-state index contributed by atoms with van der Waals surface area (Å²) in [5.74, 6) is 0.315. The fraction of sp³-hybridized carbons (Fsp3) is 0.625. The highest BCUT2D eigenvalue weighted by Crippen LogP contribution is 2.26. The molecule has 2 nitrogen and oxygen atoms in total. The highest BCUT2D eigenvalue weighted by atomic mass is 35.5. The third-order valence-electron chi connectivity index (χ3n) is 3.95. The van der Waals surface area contributed by atoms with E-state index >= 15 is 0 Å². The van der Waals surface area contributed by atoms with Crippen LogP contribution in [-0.4, -0.2) is 25.3 Å². The first-order valence-electron chi connectivity index (χ1n) is 7.40. The average molecular weight is 300 g/mol. The molecule has 0 bridgehead atoms. The Bertz CT molecular complexity index is 440. The van der Waals surface area contributed by atoms with Gasteiger partial charge in [-0.25, -0.2) is 4.39 Å². The van der Waals surface area contributed by atoms with Crippen molar-refractivity contribution in [1.82, 2.24) is 5.32 Å². The van der Waals surface area contributed by atoms with Crippen LogP contribution >= 0.6 is 11.6 Å². The van der Waals surface area contributed by atoms with Crippen molar-refractivity contribution in [2.75, 3.05) is 13.2 Å². The van der Waals surface area contributed by atoms with Crippen molar-refractivity contribution in [3.05, 3.63) is 34.6 Å². The van der Waals surface area contributed by atoms with Crippen LogP contribution in [0.5, 0.6) is 0 Å². The van der Waals surface area contributed by atoms with Crippen molar-refractivity contribution >= 4 is 11.6 Å². The second-order valence-electron chi connectivity index (χ2n) is 5.60. The van der Waals surface area contributed by atoms with Gasteiger partial charge in [0.25, 0.3) is 0 Å². The van der Waals surface area contributed by atoms with E-state index in [2.05, 4.69) is 19.2 Å². The molecule has 1 N–H and O–H groups in total. The van der Waals surface area contributed by atoms with Gasteiger partial charge in [-0.05, 0) is 55.5 Å². The van der Waals surface area contributed by atoms with E-state index in [0.29, 0.717) is 22.9 Å². The first kappa shape index (κ1) is 15.7. The van der Waals surface area contributed by atoms with E-state index < -0.39 is 0 Å². The second-order valence-corrected chi connectivity index (χ2v) is 6.04. The minimum Gasteiger partial charge on any atom is -0.376 e. The summed E-state index contributed by atoms with van der Waals surface area (Å²) in [5, 5.41) is 4.08. The van der Waals surface area contributed by atoms with Gasteiger partial charge in [0, 0.05) is 17.7 Å². The molecule has 2 rings (SSSR count). The third-order valence-corrected chi connectivity index (χ3v) is 4.18. The molecule has 1 saturated heterocycles. The van der Waals surface area contributed by atoms with Crippen LogP contribution in [-0.2, 0) is 11.2 Å². The maximum atomic E-state index is 13.9. The molecule has 3 unspecified atom stereocenters. The van der Waals surface area contributed by atoms with Gasteiger partial charge in [0.05, 0.1) is 6.10 Å². The van der Waals surface area contributed by atoms with E-state index in [9.17, 15) is 4.39 Å². The van der Waals surface area contributed by atoms with E-state index in [1.165, 1.54) is 6.07 Å². The number of halogens is 2. The molecule has 0 aliphatic carbocycles. The molecule has 0 radical (unpaired) electrons. The largest absolute Gasteiger partial charge is 0.376 e. The van der Waals surface area contributed by atoms with E-state index in [1.54, 1.807) is 12.1 Å². The lowest BCUT2D eigenvalue weighted by molar-refractivity contribution is 0.0608. The molecular weight excluding hydrogens is 277 g/mol. The van der Waals surface area contributed by atoms with Gasteiger partial charge in [0.15, 0.2) is 0 Å². The number of rotatable bonds is 6. The molecule has 0 amide bonds. The molecule has 112 valence electrons. The zero-order valence-electron chi connectivity index (χ0n) is 12.2. The first-order valence-corrected chi connectivity index (χ1v) is 7.78. The molecule has 1 aromatic carbocycles. The summed E-state index contributed by atoms with van der Waals surface area (Å²) in [5.41, 5.74) is 0.661. The monoisotopic (exact) mass is 299 g/mol.